The highest BCUT2D eigenvalue weighted by molar-refractivity contribution is 8.01. The second kappa shape index (κ2) is 10.4. The number of carbonyl (C=O) groups excluding carboxylic acids is 2. The zero-order valence-electron chi connectivity index (χ0n) is 15.0. The molecule has 1 aliphatic rings. The predicted octanol–water partition coefficient (Wildman–Crippen LogP) is 1.08. The highest BCUT2D eigenvalue weighted by Crippen LogP contribution is 2.13. The fourth-order valence-electron chi connectivity index (χ4n) is 2.53. The third-order valence-corrected chi connectivity index (χ3v) is 5.25. The van der Waals surface area contributed by atoms with Gasteiger partial charge in [0.2, 0.25) is 11.8 Å². The lowest BCUT2D eigenvalue weighted by Gasteiger charge is -2.27. The van der Waals surface area contributed by atoms with Crippen molar-refractivity contribution in [1.29, 1.82) is 0 Å². The van der Waals surface area contributed by atoms with Gasteiger partial charge in [-0.25, -0.2) is 0 Å². The number of thioether (sulfide) groups is 1. The molecule has 2 rings (SSSR count). The average molecular weight is 365 g/mol. The first-order valence-corrected chi connectivity index (χ1v) is 9.78. The number of aryl methyl sites for hydroxylation is 1. The van der Waals surface area contributed by atoms with E-state index >= 15 is 0 Å². The second-order valence-electron chi connectivity index (χ2n) is 6.25. The summed E-state index contributed by atoms with van der Waals surface area (Å²) in [5.74, 6) is 0.165. The molecule has 7 heteroatoms. The number of benzene rings is 1. The van der Waals surface area contributed by atoms with Crippen LogP contribution in [-0.4, -0.2) is 67.0 Å². The third kappa shape index (κ3) is 7.46. The number of anilines is 1. The molecule has 1 saturated heterocycles. The fraction of sp³-hybridized carbons (Fsp3) is 0.556. The zero-order valence-corrected chi connectivity index (χ0v) is 15.8. The first-order valence-electron chi connectivity index (χ1n) is 8.73. The summed E-state index contributed by atoms with van der Waals surface area (Å²) in [5, 5.41) is 8.87. The van der Waals surface area contributed by atoms with E-state index in [1.807, 2.05) is 38.1 Å². The van der Waals surface area contributed by atoms with Crippen LogP contribution in [-0.2, 0) is 9.59 Å². The molecule has 6 nitrogen and oxygen atoms in total. The molecule has 1 unspecified atom stereocenters. The molecule has 0 radical (unpaired) electrons. The molecular weight excluding hydrogens is 336 g/mol. The van der Waals surface area contributed by atoms with E-state index in [9.17, 15) is 9.59 Å². The lowest BCUT2D eigenvalue weighted by molar-refractivity contribution is -0.120. The van der Waals surface area contributed by atoms with Gasteiger partial charge in [0.15, 0.2) is 0 Å². The van der Waals surface area contributed by atoms with E-state index in [0.717, 1.165) is 44.0 Å². The summed E-state index contributed by atoms with van der Waals surface area (Å²) in [4.78, 5) is 26.4. The maximum absolute atomic E-state index is 12.1. The molecule has 2 amide bonds. The molecule has 1 fully saturated rings. The minimum Gasteiger partial charge on any atom is -0.354 e. The van der Waals surface area contributed by atoms with Crippen molar-refractivity contribution < 1.29 is 9.59 Å². The Bertz CT molecular complexity index is 559. The van der Waals surface area contributed by atoms with Crippen molar-refractivity contribution >= 4 is 29.3 Å². The van der Waals surface area contributed by atoms with Gasteiger partial charge in [0.25, 0.3) is 0 Å². The second-order valence-corrected chi connectivity index (χ2v) is 7.58. The van der Waals surface area contributed by atoms with E-state index in [1.54, 1.807) is 0 Å². The van der Waals surface area contributed by atoms with Crippen LogP contribution < -0.4 is 16.0 Å². The number of hydrogen-bond donors (Lipinski definition) is 3. The van der Waals surface area contributed by atoms with Crippen molar-refractivity contribution in [2.24, 2.45) is 0 Å². The molecule has 1 aliphatic heterocycles. The van der Waals surface area contributed by atoms with Crippen LogP contribution in [0.4, 0.5) is 5.69 Å². The molecule has 1 aromatic rings. The normalized spacial score (nSPS) is 16.2. The number of nitrogens with zero attached hydrogens (tertiary/aromatic N) is 1. The first kappa shape index (κ1) is 19.8. The largest absolute Gasteiger partial charge is 0.354 e. The van der Waals surface area contributed by atoms with Crippen molar-refractivity contribution in [1.82, 2.24) is 15.5 Å². The van der Waals surface area contributed by atoms with Gasteiger partial charge in [0, 0.05) is 45.0 Å². The molecule has 0 spiro atoms. The van der Waals surface area contributed by atoms with Crippen molar-refractivity contribution in [3.05, 3.63) is 29.8 Å². The Hall–Kier alpha value is -1.57. The Morgan fingerprint density at radius 1 is 1.24 bits per heavy atom. The van der Waals surface area contributed by atoms with Gasteiger partial charge in [-0.15, -0.1) is 11.8 Å². The zero-order chi connectivity index (χ0) is 18.1. The molecule has 0 bridgehead atoms. The minimum absolute atomic E-state index is 0.0109. The van der Waals surface area contributed by atoms with Crippen LogP contribution >= 0.6 is 11.8 Å². The number of hydrogen-bond acceptors (Lipinski definition) is 5. The number of nitrogens with one attached hydrogen (secondary N) is 3. The van der Waals surface area contributed by atoms with Gasteiger partial charge in [-0.2, -0.15) is 0 Å². The lowest BCUT2D eigenvalue weighted by Crippen LogP contribution is -2.46. The number of rotatable bonds is 8. The maximum Gasteiger partial charge on any atom is 0.234 e. The smallest absolute Gasteiger partial charge is 0.234 e. The lowest BCUT2D eigenvalue weighted by atomic mass is 10.2. The van der Waals surface area contributed by atoms with Gasteiger partial charge in [-0.05, 0) is 26.0 Å². The van der Waals surface area contributed by atoms with Crippen LogP contribution in [0.15, 0.2) is 24.3 Å². The van der Waals surface area contributed by atoms with Gasteiger partial charge in [-0.3, -0.25) is 14.5 Å². The standard InChI is InChI=1S/C18H28N4O2S/c1-14-3-5-16(6-4-14)21-17(23)13-25-15(2)18(24)20-9-12-22-10-7-19-8-11-22/h3-6,15,19H,7-13H2,1-2H3,(H,20,24)(H,21,23). The van der Waals surface area contributed by atoms with E-state index in [0.29, 0.717) is 6.54 Å². The molecule has 138 valence electrons. The van der Waals surface area contributed by atoms with Crippen molar-refractivity contribution in [2.75, 3.05) is 50.3 Å². The molecule has 1 heterocycles. The molecule has 0 saturated carbocycles. The van der Waals surface area contributed by atoms with E-state index in [4.69, 9.17) is 0 Å². The summed E-state index contributed by atoms with van der Waals surface area (Å²) in [5.41, 5.74) is 1.93. The highest BCUT2D eigenvalue weighted by atomic mass is 32.2. The molecular formula is C18H28N4O2S. The predicted molar refractivity (Wildman–Crippen MR) is 104 cm³/mol. The summed E-state index contributed by atoms with van der Waals surface area (Å²) in [6.07, 6.45) is 0. The molecule has 1 atom stereocenters. The Labute approximate surface area is 154 Å². The summed E-state index contributed by atoms with van der Waals surface area (Å²) in [7, 11) is 0. The van der Waals surface area contributed by atoms with Crippen LogP contribution in [0.2, 0.25) is 0 Å². The first-order chi connectivity index (χ1) is 12.0. The average Bonchev–Trinajstić information content (AvgIpc) is 2.62. The quantitative estimate of drug-likeness (QED) is 0.644. The monoisotopic (exact) mass is 364 g/mol. The van der Waals surface area contributed by atoms with Gasteiger partial charge in [0.05, 0.1) is 11.0 Å². The van der Waals surface area contributed by atoms with E-state index < -0.39 is 0 Å². The summed E-state index contributed by atoms with van der Waals surface area (Å²) in [6.45, 7) is 9.44. The topological polar surface area (TPSA) is 73.5 Å². The number of carbonyl (C=O) groups is 2. The van der Waals surface area contributed by atoms with E-state index in [2.05, 4.69) is 20.9 Å². The molecule has 1 aromatic carbocycles. The SMILES string of the molecule is Cc1ccc(NC(=O)CSC(C)C(=O)NCCN2CCNCC2)cc1. The number of amides is 2. The van der Waals surface area contributed by atoms with Crippen LogP contribution in [0, 0.1) is 6.92 Å². The fourth-order valence-corrected chi connectivity index (χ4v) is 3.23. The van der Waals surface area contributed by atoms with E-state index in [1.165, 1.54) is 11.8 Å². The van der Waals surface area contributed by atoms with Crippen molar-refractivity contribution in [3.63, 3.8) is 0 Å². The van der Waals surface area contributed by atoms with Gasteiger partial charge < -0.3 is 16.0 Å². The van der Waals surface area contributed by atoms with E-state index in [-0.39, 0.29) is 22.8 Å². The summed E-state index contributed by atoms with van der Waals surface area (Å²) < 4.78 is 0. The van der Waals surface area contributed by atoms with Gasteiger partial charge in [-0.1, -0.05) is 17.7 Å². The van der Waals surface area contributed by atoms with Crippen molar-refractivity contribution in [3.8, 4) is 0 Å². The van der Waals surface area contributed by atoms with Gasteiger partial charge in [0.1, 0.15) is 0 Å². The van der Waals surface area contributed by atoms with Crippen LogP contribution in [0.3, 0.4) is 0 Å². The van der Waals surface area contributed by atoms with Crippen LogP contribution in [0.5, 0.6) is 0 Å². The Morgan fingerprint density at radius 3 is 2.60 bits per heavy atom. The summed E-state index contributed by atoms with van der Waals surface area (Å²) in [6, 6.07) is 7.67. The van der Waals surface area contributed by atoms with Crippen LogP contribution in [0.1, 0.15) is 12.5 Å². The van der Waals surface area contributed by atoms with Crippen molar-refractivity contribution in [2.45, 2.75) is 19.1 Å². The number of piperazine rings is 1. The highest BCUT2D eigenvalue weighted by Gasteiger charge is 2.16. The molecule has 3 N–H and O–H groups in total. The maximum atomic E-state index is 12.1. The van der Waals surface area contributed by atoms with Crippen LogP contribution in [0.25, 0.3) is 0 Å². The summed E-state index contributed by atoms with van der Waals surface area (Å²) >= 11 is 1.35. The molecule has 0 aromatic heterocycles. The molecule has 0 aliphatic carbocycles. The third-order valence-electron chi connectivity index (χ3n) is 4.11. The van der Waals surface area contributed by atoms with Gasteiger partial charge >= 0.3 is 0 Å². The Kier molecular flexibility index (Phi) is 8.24. The Balaban J connectivity index is 1.61. The minimum atomic E-state index is -0.244. The Morgan fingerprint density at radius 2 is 1.92 bits per heavy atom. The molecule has 25 heavy (non-hydrogen) atoms.